The van der Waals surface area contributed by atoms with Crippen molar-refractivity contribution in [2.24, 2.45) is 0 Å². The molecule has 5 heteroatoms. The summed E-state index contributed by atoms with van der Waals surface area (Å²) in [6.07, 6.45) is 1.93. The van der Waals surface area contributed by atoms with Crippen LogP contribution in [0.25, 0.3) is 0 Å². The molecule has 2 aromatic carbocycles. The van der Waals surface area contributed by atoms with Gasteiger partial charge in [-0.1, -0.05) is 29.8 Å². The van der Waals surface area contributed by atoms with Crippen LogP contribution in [0.15, 0.2) is 42.5 Å². The second-order valence-corrected chi connectivity index (χ2v) is 6.10. The molecule has 1 heterocycles. The molecule has 0 radical (unpaired) electrons. The molecule has 0 saturated heterocycles. The zero-order valence-electron chi connectivity index (χ0n) is 12.9. The van der Waals surface area contributed by atoms with Crippen LogP contribution in [0.5, 0.6) is 11.5 Å². The molecule has 2 aromatic rings. The second kappa shape index (κ2) is 5.19. The Kier molecular flexibility index (Phi) is 3.15. The zero-order chi connectivity index (χ0) is 15.9. The molecule has 0 unspecified atom stereocenters. The van der Waals surface area contributed by atoms with E-state index in [2.05, 4.69) is 41.8 Å². The van der Waals surface area contributed by atoms with Crippen LogP contribution in [0.4, 0.5) is 10.5 Å². The van der Waals surface area contributed by atoms with Gasteiger partial charge in [-0.15, -0.1) is 0 Å². The molecule has 0 bridgehead atoms. The van der Waals surface area contributed by atoms with Crippen molar-refractivity contribution in [1.29, 1.82) is 0 Å². The first-order valence-electron chi connectivity index (χ1n) is 7.71. The van der Waals surface area contributed by atoms with Gasteiger partial charge >= 0.3 is 6.03 Å². The standard InChI is InChI=1S/C18H18N2O3/c1-12-2-4-13(5-3-12)18(8-9-18)20-17(21)19-14-6-7-15-16(10-14)23-11-22-15/h2-7,10H,8-9,11H2,1H3,(H2,19,20,21). The first kappa shape index (κ1) is 13.9. The molecule has 2 aliphatic rings. The molecule has 118 valence electrons. The van der Waals surface area contributed by atoms with E-state index in [0.29, 0.717) is 17.2 Å². The molecule has 2 N–H and O–H groups in total. The van der Waals surface area contributed by atoms with E-state index in [9.17, 15) is 4.79 Å². The van der Waals surface area contributed by atoms with Crippen LogP contribution in [-0.4, -0.2) is 12.8 Å². The molecule has 1 saturated carbocycles. The number of nitrogens with one attached hydrogen (secondary N) is 2. The number of amides is 2. The van der Waals surface area contributed by atoms with E-state index in [1.807, 2.05) is 0 Å². The Hall–Kier alpha value is -2.69. The predicted octanol–water partition coefficient (Wildman–Crippen LogP) is 3.53. The summed E-state index contributed by atoms with van der Waals surface area (Å²) < 4.78 is 10.6. The lowest BCUT2D eigenvalue weighted by Gasteiger charge is -2.18. The summed E-state index contributed by atoms with van der Waals surface area (Å²) in [4.78, 5) is 12.3. The molecule has 4 rings (SSSR count). The average molecular weight is 310 g/mol. The highest BCUT2D eigenvalue weighted by molar-refractivity contribution is 5.90. The zero-order valence-corrected chi connectivity index (χ0v) is 12.9. The Morgan fingerprint density at radius 2 is 1.78 bits per heavy atom. The van der Waals surface area contributed by atoms with Gasteiger partial charge in [0.2, 0.25) is 6.79 Å². The molecule has 0 spiro atoms. The highest BCUT2D eigenvalue weighted by Gasteiger charge is 2.45. The maximum Gasteiger partial charge on any atom is 0.319 e. The fourth-order valence-electron chi connectivity index (χ4n) is 2.84. The molecular formula is C18H18N2O3. The summed E-state index contributed by atoms with van der Waals surface area (Å²) >= 11 is 0. The number of carbonyl (C=O) groups excluding carboxylic acids is 1. The second-order valence-electron chi connectivity index (χ2n) is 6.10. The van der Waals surface area contributed by atoms with E-state index >= 15 is 0 Å². The number of anilines is 1. The topological polar surface area (TPSA) is 59.6 Å². The van der Waals surface area contributed by atoms with Gasteiger partial charge in [-0.2, -0.15) is 0 Å². The number of urea groups is 1. The van der Waals surface area contributed by atoms with Gasteiger partial charge in [0.05, 0.1) is 5.54 Å². The third-order valence-corrected chi connectivity index (χ3v) is 4.34. The van der Waals surface area contributed by atoms with E-state index in [0.717, 1.165) is 18.4 Å². The van der Waals surface area contributed by atoms with E-state index in [4.69, 9.17) is 9.47 Å². The van der Waals surface area contributed by atoms with Crippen molar-refractivity contribution < 1.29 is 14.3 Å². The maximum atomic E-state index is 12.3. The largest absolute Gasteiger partial charge is 0.454 e. The molecule has 0 atom stereocenters. The van der Waals surface area contributed by atoms with E-state index in [1.54, 1.807) is 18.2 Å². The fraction of sp³-hybridized carbons (Fsp3) is 0.278. The van der Waals surface area contributed by atoms with Crippen LogP contribution in [0.2, 0.25) is 0 Å². The third-order valence-electron chi connectivity index (χ3n) is 4.34. The van der Waals surface area contributed by atoms with Gasteiger partial charge in [0.25, 0.3) is 0 Å². The van der Waals surface area contributed by atoms with Gasteiger partial charge in [0.1, 0.15) is 0 Å². The number of fused-ring (bicyclic) bond motifs is 1. The van der Waals surface area contributed by atoms with Crippen molar-refractivity contribution in [3.63, 3.8) is 0 Å². The molecule has 1 aliphatic carbocycles. The van der Waals surface area contributed by atoms with Crippen LogP contribution in [-0.2, 0) is 5.54 Å². The number of hydrogen-bond acceptors (Lipinski definition) is 3. The predicted molar refractivity (Wildman–Crippen MR) is 86.8 cm³/mol. The summed E-state index contributed by atoms with van der Waals surface area (Å²) in [5.74, 6) is 1.36. The normalized spacial score (nSPS) is 16.7. The monoisotopic (exact) mass is 310 g/mol. The summed E-state index contributed by atoms with van der Waals surface area (Å²) in [5, 5.41) is 5.96. The molecule has 1 aliphatic heterocycles. The first-order chi connectivity index (χ1) is 11.1. The molecular weight excluding hydrogens is 292 g/mol. The fourth-order valence-corrected chi connectivity index (χ4v) is 2.84. The Morgan fingerprint density at radius 3 is 2.52 bits per heavy atom. The summed E-state index contributed by atoms with van der Waals surface area (Å²) in [6.45, 7) is 2.28. The Balaban J connectivity index is 1.45. The number of carbonyl (C=O) groups is 1. The van der Waals surface area contributed by atoms with Crippen molar-refractivity contribution in [1.82, 2.24) is 5.32 Å². The van der Waals surface area contributed by atoms with Gasteiger partial charge in [0, 0.05) is 11.8 Å². The minimum absolute atomic E-state index is 0.207. The smallest absolute Gasteiger partial charge is 0.319 e. The van der Waals surface area contributed by atoms with Crippen molar-refractivity contribution in [2.45, 2.75) is 25.3 Å². The van der Waals surface area contributed by atoms with Crippen LogP contribution in [0.1, 0.15) is 24.0 Å². The molecule has 23 heavy (non-hydrogen) atoms. The van der Waals surface area contributed by atoms with E-state index in [1.165, 1.54) is 5.56 Å². The quantitative estimate of drug-likeness (QED) is 0.911. The lowest BCUT2D eigenvalue weighted by atomic mass is 10.0. The first-order valence-corrected chi connectivity index (χ1v) is 7.71. The average Bonchev–Trinajstić information content (AvgIpc) is 3.15. The van der Waals surface area contributed by atoms with Gasteiger partial charge in [-0.25, -0.2) is 4.79 Å². The van der Waals surface area contributed by atoms with Crippen LogP contribution in [0, 0.1) is 6.92 Å². The third kappa shape index (κ3) is 2.70. The number of rotatable bonds is 3. The maximum absolute atomic E-state index is 12.3. The Bertz CT molecular complexity index is 751. The lowest BCUT2D eigenvalue weighted by Crippen LogP contribution is -2.38. The van der Waals surface area contributed by atoms with Crippen LogP contribution >= 0.6 is 0 Å². The summed E-state index contributed by atoms with van der Waals surface area (Å²) in [7, 11) is 0. The van der Waals surface area contributed by atoms with Crippen LogP contribution < -0.4 is 20.1 Å². The molecule has 1 fully saturated rings. The number of hydrogen-bond donors (Lipinski definition) is 2. The minimum Gasteiger partial charge on any atom is -0.454 e. The number of ether oxygens (including phenoxy) is 2. The van der Waals surface area contributed by atoms with Crippen molar-refractivity contribution in [3.8, 4) is 11.5 Å². The van der Waals surface area contributed by atoms with Gasteiger partial charge in [-0.3, -0.25) is 0 Å². The summed E-state index contributed by atoms with van der Waals surface area (Å²) in [6, 6.07) is 13.5. The highest BCUT2D eigenvalue weighted by Crippen LogP contribution is 2.45. The highest BCUT2D eigenvalue weighted by atomic mass is 16.7. The Morgan fingerprint density at radius 1 is 1.04 bits per heavy atom. The molecule has 2 amide bonds. The van der Waals surface area contributed by atoms with Gasteiger partial charge in [-0.05, 0) is 37.5 Å². The SMILES string of the molecule is Cc1ccc(C2(NC(=O)Nc3ccc4c(c3)OCO4)CC2)cc1. The number of aryl methyl sites for hydroxylation is 1. The van der Waals surface area contributed by atoms with E-state index in [-0.39, 0.29) is 18.4 Å². The van der Waals surface area contributed by atoms with Crippen molar-refractivity contribution in [2.75, 3.05) is 12.1 Å². The van der Waals surface area contributed by atoms with E-state index < -0.39 is 0 Å². The van der Waals surface area contributed by atoms with Crippen molar-refractivity contribution in [3.05, 3.63) is 53.6 Å². The van der Waals surface area contributed by atoms with Gasteiger partial charge in [0.15, 0.2) is 11.5 Å². The molecule has 5 nitrogen and oxygen atoms in total. The minimum atomic E-state index is -0.228. The molecule has 0 aromatic heterocycles. The lowest BCUT2D eigenvalue weighted by molar-refractivity contribution is 0.174. The van der Waals surface area contributed by atoms with Gasteiger partial charge < -0.3 is 20.1 Å². The number of benzene rings is 2. The van der Waals surface area contributed by atoms with Crippen molar-refractivity contribution >= 4 is 11.7 Å². The Labute approximate surface area is 134 Å². The van der Waals surface area contributed by atoms with Crippen LogP contribution in [0.3, 0.4) is 0 Å². The summed E-state index contributed by atoms with van der Waals surface area (Å²) in [5.41, 5.74) is 2.83.